The van der Waals surface area contributed by atoms with Crippen molar-refractivity contribution in [3.8, 4) is 6.07 Å². The second kappa shape index (κ2) is 4.19. The van der Waals surface area contributed by atoms with Gasteiger partial charge in [-0.3, -0.25) is 0 Å². The van der Waals surface area contributed by atoms with Gasteiger partial charge < -0.3 is 0 Å². The van der Waals surface area contributed by atoms with E-state index in [0.717, 1.165) is 18.2 Å². The fourth-order valence-corrected chi connectivity index (χ4v) is 1.26. The molecule has 0 amide bonds. The molecule has 6 heteroatoms. The molecule has 0 spiro atoms. The summed E-state index contributed by atoms with van der Waals surface area (Å²) in [7, 11) is 0. The number of hydrogen-bond donors (Lipinski definition) is 0. The third-order valence-corrected chi connectivity index (χ3v) is 2.74. The number of nitriles is 1. The number of rotatable bonds is 1. The van der Waals surface area contributed by atoms with E-state index in [1.54, 1.807) is 0 Å². The summed E-state index contributed by atoms with van der Waals surface area (Å²) in [4.78, 5) is -1.89. The molecule has 15 heavy (non-hydrogen) atoms. The van der Waals surface area contributed by atoms with Crippen molar-refractivity contribution in [1.29, 1.82) is 5.26 Å². The van der Waals surface area contributed by atoms with Gasteiger partial charge in [-0.15, -0.1) is 0 Å². The van der Waals surface area contributed by atoms with Gasteiger partial charge in [0, 0.05) is 0 Å². The van der Waals surface area contributed by atoms with Gasteiger partial charge in [-0.25, -0.2) is 4.39 Å². The minimum Gasteiger partial charge on any atom is -0.206 e. The van der Waals surface area contributed by atoms with Crippen molar-refractivity contribution < 1.29 is 17.6 Å². The first-order valence-corrected chi connectivity index (χ1v) is 4.68. The molecule has 0 fully saturated rings. The van der Waals surface area contributed by atoms with E-state index >= 15 is 0 Å². The molecule has 80 valence electrons. The average molecular weight is 282 g/mol. The van der Waals surface area contributed by atoms with E-state index in [4.69, 9.17) is 5.26 Å². The van der Waals surface area contributed by atoms with Crippen molar-refractivity contribution in [2.24, 2.45) is 0 Å². The van der Waals surface area contributed by atoms with E-state index in [0.29, 0.717) is 0 Å². The molecule has 0 N–H and O–H groups in total. The second-order valence-corrected chi connectivity index (χ2v) is 3.67. The van der Waals surface area contributed by atoms with E-state index in [1.807, 2.05) is 0 Å². The number of benzene rings is 1. The molecule has 1 aromatic carbocycles. The molecule has 1 nitrogen and oxygen atoms in total. The minimum absolute atomic E-state index is 0.194. The van der Waals surface area contributed by atoms with Crippen LogP contribution in [0.4, 0.5) is 17.6 Å². The quantitative estimate of drug-likeness (QED) is 0.569. The van der Waals surface area contributed by atoms with Crippen LogP contribution >= 0.6 is 15.9 Å². The topological polar surface area (TPSA) is 23.8 Å². The van der Waals surface area contributed by atoms with Gasteiger partial charge in [-0.2, -0.15) is 18.4 Å². The number of alkyl halides is 4. The van der Waals surface area contributed by atoms with Crippen LogP contribution in [0.1, 0.15) is 16.0 Å². The maximum Gasteiger partial charge on any atom is 0.405 e. The van der Waals surface area contributed by atoms with Crippen LogP contribution in [-0.4, -0.2) is 6.18 Å². The van der Waals surface area contributed by atoms with Gasteiger partial charge in [0.05, 0.1) is 5.56 Å². The summed E-state index contributed by atoms with van der Waals surface area (Å²) in [6.45, 7) is 0. The Labute approximate surface area is 91.4 Å². The Bertz CT molecular complexity index is 408. The largest absolute Gasteiger partial charge is 0.405 e. The predicted molar refractivity (Wildman–Crippen MR) is 48.8 cm³/mol. The summed E-state index contributed by atoms with van der Waals surface area (Å²) in [5, 5.41) is 8.44. The summed E-state index contributed by atoms with van der Waals surface area (Å²) in [5.41, 5.74) is -0.596. The normalized spacial score (nSPS) is 13.3. The van der Waals surface area contributed by atoms with E-state index in [-0.39, 0.29) is 5.56 Å². The van der Waals surface area contributed by atoms with Crippen molar-refractivity contribution in [2.75, 3.05) is 0 Å². The van der Waals surface area contributed by atoms with Crippen LogP contribution in [0.15, 0.2) is 18.2 Å². The van der Waals surface area contributed by atoms with Gasteiger partial charge in [-0.05, 0) is 17.7 Å². The van der Waals surface area contributed by atoms with E-state index < -0.39 is 22.4 Å². The van der Waals surface area contributed by atoms with Crippen molar-refractivity contribution in [2.45, 2.75) is 11.0 Å². The lowest BCUT2D eigenvalue weighted by molar-refractivity contribution is -0.128. The van der Waals surface area contributed by atoms with Crippen LogP contribution in [0.25, 0.3) is 0 Å². The van der Waals surface area contributed by atoms with Gasteiger partial charge in [0.2, 0.25) is 0 Å². The number of hydrogen-bond acceptors (Lipinski definition) is 1. The Kier molecular flexibility index (Phi) is 3.35. The summed E-state index contributed by atoms with van der Waals surface area (Å²) in [6.07, 6.45) is -4.47. The molecule has 0 saturated heterocycles. The standard InChI is InChI=1S/C9H4BrF4N/c10-8(9(12,13)14)5-1-2-7(11)6(3-5)4-15/h1-3,8H/t8-/m1/s1. The highest BCUT2D eigenvalue weighted by atomic mass is 79.9. The lowest BCUT2D eigenvalue weighted by Crippen LogP contribution is -2.15. The fourth-order valence-electron chi connectivity index (χ4n) is 0.975. The SMILES string of the molecule is N#Cc1cc([C@@H](Br)C(F)(F)F)ccc1F. The van der Waals surface area contributed by atoms with Gasteiger partial charge in [0.15, 0.2) is 0 Å². The Hall–Kier alpha value is -1.09. The molecule has 0 radical (unpaired) electrons. The summed E-state index contributed by atoms with van der Waals surface area (Å²) >= 11 is 2.44. The average Bonchev–Trinajstić information content (AvgIpc) is 2.16. The maximum atomic E-state index is 12.8. The molecule has 1 rings (SSSR count). The van der Waals surface area contributed by atoms with Crippen LogP contribution in [0.5, 0.6) is 0 Å². The lowest BCUT2D eigenvalue weighted by atomic mass is 10.1. The first-order chi connectivity index (χ1) is 6.86. The van der Waals surface area contributed by atoms with E-state index in [1.165, 1.54) is 6.07 Å². The zero-order valence-electron chi connectivity index (χ0n) is 7.15. The summed E-state index contributed by atoms with van der Waals surface area (Å²) < 4.78 is 49.6. The molecular weight excluding hydrogens is 278 g/mol. The minimum atomic E-state index is -4.47. The van der Waals surface area contributed by atoms with Crippen molar-refractivity contribution in [1.82, 2.24) is 0 Å². The highest BCUT2D eigenvalue weighted by molar-refractivity contribution is 9.09. The molecule has 0 unspecified atom stereocenters. The molecule has 0 bridgehead atoms. The van der Waals surface area contributed by atoms with Crippen molar-refractivity contribution in [3.05, 3.63) is 35.1 Å². The second-order valence-electron chi connectivity index (χ2n) is 2.76. The van der Waals surface area contributed by atoms with E-state index in [2.05, 4.69) is 15.9 Å². The Morgan fingerprint density at radius 2 is 1.93 bits per heavy atom. The number of nitrogens with zero attached hydrogens (tertiary/aromatic N) is 1. The Morgan fingerprint density at radius 1 is 1.33 bits per heavy atom. The monoisotopic (exact) mass is 281 g/mol. The fraction of sp³-hybridized carbons (Fsp3) is 0.222. The zero-order valence-corrected chi connectivity index (χ0v) is 8.73. The van der Waals surface area contributed by atoms with E-state index in [9.17, 15) is 17.6 Å². The van der Waals surface area contributed by atoms with Crippen LogP contribution < -0.4 is 0 Å². The van der Waals surface area contributed by atoms with Crippen molar-refractivity contribution in [3.63, 3.8) is 0 Å². The van der Waals surface area contributed by atoms with Gasteiger partial charge in [0.25, 0.3) is 0 Å². The molecule has 0 heterocycles. The highest BCUT2D eigenvalue weighted by Crippen LogP contribution is 2.39. The molecule has 0 aromatic heterocycles. The van der Waals surface area contributed by atoms with Gasteiger partial charge in [0.1, 0.15) is 16.7 Å². The van der Waals surface area contributed by atoms with Crippen LogP contribution in [-0.2, 0) is 0 Å². The molecular formula is C9H4BrF4N. The first kappa shape index (κ1) is 12.0. The highest BCUT2D eigenvalue weighted by Gasteiger charge is 2.38. The predicted octanol–water partition coefficient (Wildman–Crippen LogP) is 3.70. The first-order valence-electron chi connectivity index (χ1n) is 3.76. The molecule has 0 aliphatic carbocycles. The van der Waals surface area contributed by atoms with Crippen LogP contribution in [0.3, 0.4) is 0 Å². The molecule has 0 saturated carbocycles. The third-order valence-electron chi connectivity index (χ3n) is 1.69. The van der Waals surface area contributed by atoms with Crippen LogP contribution in [0.2, 0.25) is 0 Å². The molecule has 0 aliphatic rings. The molecule has 1 atom stereocenters. The van der Waals surface area contributed by atoms with Gasteiger partial charge in [-0.1, -0.05) is 22.0 Å². The molecule has 0 aliphatic heterocycles. The Balaban J connectivity index is 3.13. The molecule has 1 aromatic rings. The zero-order chi connectivity index (χ0) is 11.6. The Morgan fingerprint density at radius 3 is 2.40 bits per heavy atom. The summed E-state index contributed by atoms with van der Waals surface area (Å²) in [6, 6.07) is 4.19. The number of halogens is 5. The van der Waals surface area contributed by atoms with Crippen LogP contribution in [0, 0.1) is 17.1 Å². The smallest absolute Gasteiger partial charge is 0.206 e. The maximum absolute atomic E-state index is 12.8. The van der Waals surface area contributed by atoms with Crippen molar-refractivity contribution >= 4 is 15.9 Å². The summed E-state index contributed by atoms with van der Waals surface area (Å²) in [5.74, 6) is -0.830. The third kappa shape index (κ3) is 2.69. The lowest BCUT2D eigenvalue weighted by Gasteiger charge is -2.14. The van der Waals surface area contributed by atoms with Gasteiger partial charge >= 0.3 is 6.18 Å².